The first-order chi connectivity index (χ1) is 9.70. The number of carbonyl (C=O) groups excluding carboxylic acids is 1. The van der Waals surface area contributed by atoms with Crippen LogP contribution in [-0.2, 0) is 11.3 Å². The Kier molecular flexibility index (Phi) is 4.35. The van der Waals surface area contributed by atoms with Crippen molar-refractivity contribution in [1.82, 2.24) is 4.98 Å². The zero-order valence-electron chi connectivity index (χ0n) is 11.1. The number of aryl methyl sites for hydroxylation is 1. The molecule has 20 heavy (non-hydrogen) atoms. The van der Waals surface area contributed by atoms with Gasteiger partial charge in [-0.05, 0) is 30.0 Å². The fourth-order valence-corrected chi connectivity index (χ4v) is 1.69. The molecule has 100 valence electrons. The van der Waals surface area contributed by atoms with E-state index in [1.165, 1.54) is 0 Å². The van der Waals surface area contributed by atoms with Crippen LogP contribution in [0.5, 0.6) is 0 Å². The van der Waals surface area contributed by atoms with Gasteiger partial charge in [-0.1, -0.05) is 30.3 Å². The number of anilines is 1. The quantitative estimate of drug-likeness (QED) is 0.868. The van der Waals surface area contributed by atoms with Crippen molar-refractivity contribution in [2.45, 2.75) is 13.5 Å². The van der Waals surface area contributed by atoms with Gasteiger partial charge in [-0.15, -0.1) is 6.42 Å². The first-order valence-corrected chi connectivity index (χ1v) is 6.10. The number of carbonyl (C=O) groups is 1. The van der Waals surface area contributed by atoms with Crippen LogP contribution in [0, 0.1) is 19.3 Å². The second-order valence-electron chi connectivity index (χ2n) is 4.18. The second-order valence-corrected chi connectivity index (χ2v) is 4.18. The lowest BCUT2D eigenvalue weighted by atomic mass is 10.2. The summed E-state index contributed by atoms with van der Waals surface area (Å²) in [6.07, 6.45) is 6.40. The number of rotatable bonds is 3. The molecule has 1 aromatic heterocycles. The summed E-state index contributed by atoms with van der Waals surface area (Å²) < 4.78 is 5.14. The highest BCUT2D eigenvalue weighted by atomic mass is 16.5. The van der Waals surface area contributed by atoms with Gasteiger partial charge in [-0.25, -0.2) is 9.78 Å². The Hall–Kier alpha value is -2.80. The molecule has 0 bridgehead atoms. The van der Waals surface area contributed by atoms with Gasteiger partial charge in [0.1, 0.15) is 12.3 Å². The molecule has 1 N–H and O–H groups in total. The number of benzene rings is 1. The molecular weight excluding hydrogens is 252 g/mol. The number of nitrogens with one attached hydrogen (secondary N) is 1. The zero-order chi connectivity index (χ0) is 14.4. The number of aromatic nitrogens is 1. The molecule has 0 aliphatic rings. The highest BCUT2D eigenvalue weighted by Gasteiger charge is 2.10. The van der Waals surface area contributed by atoms with Crippen molar-refractivity contribution in [3.63, 3.8) is 0 Å². The maximum atomic E-state index is 11.8. The van der Waals surface area contributed by atoms with E-state index in [1.807, 2.05) is 37.3 Å². The predicted octanol–water partition coefficient (Wildman–Crippen LogP) is 3.12. The Morgan fingerprint density at radius 1 is 1.35 bits per heavy atom. The van der Waals surface area contributed by atoms with Gasteiger partial charge in [0, 0.05) is 6.20 Å². The molecule has 1 heterocycles. The second kappa shape index (κ2) is 6.39. The molecule has 4 nitrogen and oxygen atoms in total. The van der Waals surface area contributed by atoms with Gasteiger partial charge in [0.2, 0.25) is 0 Å². The summed E-state index contributed by atoms with van der Waals surface area (Å²) in [5.74, 6) is 2.43. The number of hydrogen-bond acceptors (Lipinski definition) is 3. The molecule has 4 heteroatoms. The molecule has 0 unspecified atom stereocenters. The molecule has 0 saturated carbocycles. The minimum Gasteiger partial charge on any atom is -0.444 e. The van der Waals surface area contributed by atoms with Crippen LogP contribution in [0.15, 0.2) is 42.6 Å². The maximum absolute atomic E-state index is 11.8. The van der Waals surface area contributed by atoms with Crippen LogP contribution >= 0.6 is 0 Å². The highest BCUT2D eigenvalue weighted by molar-refractivity contribution is 5.87. The van der Waals surface area contributed by atoms with Crippen molar-refractivity contribution in [1.29, 1.82) is 0 Å². The molecule has 0 spiro atoms. The van der Waals surface area contributed by atoms with Gasteiger partial charge in [0.25, 0.3) is 0 Å². The summed E-state index contributed by atoms with van der Waals surface area (Å²) >= 11 is 0. The summed E-state index contributed by atoms with van der Waals surface area (Å²) in [4.78, 5) is 15.8. The van der Waals surface area contributed by atoms with Crippen LogP contribution in [0.4, 0.5) is 10.5 Å². The number of nitrogens with zero attached hydrogens (tertiary/aromatic N) is 1. The van der Waals surface area contributed by atoms with Crippen molar-refractivity contribution >= 4 is 11.8 Å². The van der Waals surface area contributed by atoms with E-state index < -0.39 is 6.09 Å². The highest BCUT2D eigenvalue weighted by Crippen LogP contribution is 2.17. The van der Waals surface area contributed by atoms with Gasteiger partial charge in [0.15, 0.2) is 0 Å². The van der Waals surface area contributed by atoms with Crippen LogP contribution < -0.4 is 5.32 Å². The lowest BCUT2D eigenvalue weighted by Gasteiger charge is -2.10. The predicted molar refractivity (Wildman–Crippen MR) is 77.2 cm³/mol. The SMILES string of the molecule is C#Cc1nccc(C)c1NC(=O)OCc1ccccc1. The molecule has 0 radical (unpaired) electrons. The number of terminal acetylenes is 1. The summed E-state index contributed by atoms with van der Waals surface area (Å²) in [5, 5.41) is 2.63. The van der Waals surface area contributed by atoms with Crippen molar-refractivity contribution in [3.05, 3.63) is 59.4 Å². The van der Waals surface area contributed by atoms with E-state index in [9.17, 15) is 4.79 Å². The molecular formula is C16H14N2O2. The van der Waals surface area contributed by atoms with E-state index >= 15 is 0 Å². The van der Waals surface area contributed by atoms with Gasteiger partial charge in [-0.2, -0.15) is 0 Å². The first-order valence-electron chi connectivity index (χ1n) is 6.10. The molecule has 0 aliphatic heterocycles. The minimum atomic E-state index is -0.554. The summed E-state index contributed by atoms with van der Waals surface area (Å²) in [5.41, 5.74) is 2.65. The average Bonchev–Trinajstić information content (AvgIpc) is 2.48. The van der Waals surface area contributed by atoms with E-state index in [0.29, 0.717) is 11.4 Å². The van der Waals surface area contributed by atoms with Crippen molar-refractivity contribution in [2.75, 3.05) is 5.32 Å². The number of pyridine rings is 1. The molecule has 2 rings (SSSR count). The monoisotopic (exact) mass is 266 g/mol. The normalized spacial score (nSPS) is 9.60. The van der Waals surface area contributed by atoms with Crippen molar-refractivity contribution in [3.8, 4) is 12.3 Å². The van der Waals surface area contributed by atoms with E-state index in [0.717, 1.165) is 11.1 Å². The third kappa shape index (κ3) is 3.36. The fourth-order valence-electron chi connectivity index (χ4n) is 1.69. The van der Waals surface area contributed by atoms with Gasteiger partial charge in [-0.3, -0.25) is 5.32 Å². The molecule has 1 amide bonds. The van der Waals surface area contributed by atoms with E-state index in [-0.39, 0.29) is 6.61 Å². The topological polar surface area (TPSA) is 51.2 Å². The standard InChI is InChI=1S/C16H14N2O2/c1-3-14-15(12(2)9-10-17-14)18-16(19)20-11-13-7-5-4-6-8-13/h1,4-10H,11H2,2H3,(H,18,19). The van der Waals surface area contributed by atoms with Gasteiger partial charge >= 0.3 is 6.09 Å². The Bertz CT molecular complexity index is 645. The molecule has 0 aliphatic carbocycles. The maximum Gasteiger partial charge on any atom is 0.412 e. The molecule has 2 aromatic rings. The molecule has 1 aromatic carbocycles. The zero-order valence-corrected chi connectivity index (χ0v) is 11.1. The summed E-state index contributed by atoms with van der Waals surface area (Å²) in [7, 11) is 0. The van der Waals surface area contributed by atoms with E-state index in [4.69, 9.17) is 11.2 Å². The van der Waals surface area contributed by atoms with Crippen LogP contribution in [0.3, 0.4) is 0 Å². The van der Waals surface area contributed by atoms with Gasteiger partial charge < -0.3 is 4.74 Å². The summed E-state index contributed by atoms with van der Waals surface area (Å²) in [6, 6.07) is 11.2. The number of amides is 1. The molecule has 0 saturated heterocycles. The molecule has 0 fully saturated rings. The van der Waals surface area contributed by atoms with Crippen molar-refractivity contribution in [2.24, 2.45) is 0 Å². The van der Waals surface area contributed by atoms with Crippen LogP contribution in [0.25, 0.3) is 0 Å². The molecule has 0 atom stereocenters. The van der Waals surface area contributed by atoms with Crippen molar-refractivity contribution < 1.29 is 9.53 Å². The average molecular weight is 266 g/mol. The van der Waals surface area contributed by atoms with Crippen LogP contribution in [0.1, 0.15) is 16.8 Å². The largest absolute Gasteiger partial charge is 0.444 e. The lowest BCUT2D eigenvalue weighted by Crippen LogP contribution is -2.15. The van der Waals surface area contributed by atoms with E-state index in [1.54, 1.807) is 12.3 Å². The van der Waals surface area contributed by atoms with E-state index in [2.05, 4.69) is 16.2 Å². The Morgan fingerprint density at radius 3 is 2.80 bits per heavy atom. The number of ether oxygens (including phenoxy) is 1. The first kappa shape index (κ1) is 13.6. The Balaban J connectivity index is 2.01. The Morgan fingerprint density at radius 2 is 2.10 bits per heavy atom. The van der Waals surface area contributed by atoms with Gasteiger partial charge in [0.05, 0.1) is 5.69 Å². The minimum absolute atomic E-state index is 0.206. The Labute approximate surface area is 117 Å². The third-order valence-electron chi connectivity index (χ3n) is 2.74. The fraction of sp³-hybridized carbons (Fsp3) is 0.125. The third-order valence-corrected chi connectivity index (χ3v) is 2.74. The smallest absolute Gasteiger partial charge is 0.412 e. The number of hydrogen-bond donors (Lipinski definition) is 1. The summed E-state index contributed by atoms with van der Waals surface area (Å²) in [6.45, 7) is 2.05. The lowest BCUT2D eigenvalue weighted by molar-refractivity contribution is 0.155. The van der Waals surface area contributed by atoms with Crippen LogP contribution in [-0.4, -0.2) is 11.1 Å². The van der Waals surface area contributed by atoms with Crippen LogP contribution in [0.2, 0.25) is 0 Å².